The third-order valence-electron chi connectivity index (χ3n) is 2.80. The van der Waals surface area contributed by atoms with E-state index < -0.39 is 0 Å². The van der Waals surface area contributed by atoms with Gasteiger partial charge >= 0.3 is 0 Å². The van der Waals surface area contributed by atoms with Crippen molar-refractivity contribution in [2.45, 2.75) is 38.0 Å². The highest BCUT2D eigenvalue weighted by Gasteiger charge is 2.17. The minimum absolute atomic E-state index is 0.518. The summed E-state index contributed by atoms with van der Waals surface area (Å²) < 4.78 is 0. The normalized spacial score (nSPS) is 18.0. The van der Waals surface area contributed by atoms with E-state index in [0.717, 1.165) is 12.1 Å². The van der Waals surface area contributed by atoms with Crippen LogP contribution in [-0.4, -0.2) is 16.3 Å². The van der Waals surface area contributed by atoms with Gasteiger partial charge in [0.05, 0.1) is 5.56 Å². The van der Waals surface area contributed by atoms with Gasteiger partial charge in [-0.15, -0.1) is 0 Å². The van der Waals surface area contributed by atoms with Crippen LogP contribution in [0, 0.1) is 0 Å². The van der Waals surface area contributed by atoms with Gasteiger partial charge in [0.15, 0.2) is 6.29 Å². The second kappa shape index (κ2) is 4.31. The highest BCUT2D eigenvalue weighted by molar-refractivity contribution is 5.73. The van der Waals surface area contributed by atoms with Crippen LogP contribution in [0.1, 0.15) is 54.2 Å². The molecule has 1 fully saturated rings. The summed E-state index contributed by atoms with van der Waals surface area (Å²) in [6.45, 7) is 0. The summed E-state index contributed by atoms with van der Waals surface area (Å²) in [5.41, 5.74) is 0.560. The summed E-state index contributed by atoms with van der Waals surface area (Å²) in [5, 5.41) is 0. The summed E-state index contributed by atoms with van der Waals surface area (Å²) in [5.74, 6) is 1.43. The second-order valence-electron chi connectivity index (χ2n) is 3.83. The summed E-state index contributed by atoms with van der Waals surface area (Å²) in [6, 6.07) is 0. The Morgan fingerprint density at radius 2 is 1.79 bits per heavy atom. The van der Waals surface area contributed by atoms with Gasteiger partial charge in [0.1, 0.15) is 5.82 Å². The monoisotopic (exact) mass is 190 g/mol. The molecule has 14 heavy (non-hydrogen) atoms. The Kier molecular flexibility index (Phi) is 2.87. The third kappa shape index (κ3) is 1.97. The van der Waals surface area contributed by atoms with Crippen molar-refractivity contribution in [1.82, 2.24) is 9.97 Å². The molecule has 0 bridgehead atoms. The molecule has 3 nitrogen and oxygen atoms in total. The van der Waals surface area contributed by atoms with E-state index in [1.165, 1.54) is 32.1 Å². The molecule has 0 saturated heterocycles. The first-order valence-corrected chi connectivity index (χ1v) is 5.17. The topological polar surface area (TPSA) is 42.9 Å². The van der Waals surface area contributed by atoms with E-state index in [2.05, 4.69) is 9.97 Å². The van der Waals surface area contributed by atoms with Crippen molar-refractivity contribution in [2.75, 3.05) is 0 Å². The minimum Gasteiger partial charge on any atom is -0.298 e. The molecule has 0 aromatic carbocycles. The number of carbonyl (C=O) groups is 1. The Morgan fingerprint density at radius 1 is 1.14 bits per heavy atom. The lowest BCUT2D eigenvalue weighted by Gasteiger charge is -2.19. The predicted molar refractivity (Wildman–Crippen MR) is 53.2 cm³/mol. The number of aldehydes is 1. The number of carbonyl (C=O) groups excluding carboxylic acids is 1. The maximum absolute atomic E-state index is 10.4. The first kappa shape index (κ1) is 9.31. The van der Waals surface area contributed by atoms with E-state index in [9.17, 15) is 4.79 Å². The molecule has 0 aliphatic heterocycles. The fraction of sp³-hybridized carbons (Fsp3) is 0.545. The minimum atomic E-state index is 0.518. The van der Waals surface area contributed by atoms with Crippen LogP contribution < -0.4 is 0 Å². The molecule has 0 N–H and O–H groups in total. The summed E-state index contributed by atoms with van der Waals surface area (Å²) >= 11 is 0. The summed E-state index contributed by atoms with van der Waals surface area (Å²) in [4.78, 5) is 18.9. The van der Waals surface area contributed by atoms with Crippen molar-refractivity contribution in [3.05, 3.63) is 23.8 Å². The Bertz CT molecular complexity index is 302. The van der Waals surface area contributed by atoms with Gasteiger partial charge in [0.25, 0.3) is 0 Å². The van der Waals surface area contributed by atoms with Gasteiger partial charge in [-0.1, -0.05) is 19.3 Å². The molecule has 3 heteroatoms. The number of nitrogens with zero attached hydrogens (tertiary/aromatic N) is 2. The maximum Gasteiger partial charge on any atom is 0.153 e. The maximum atomic E-state index is 10.4. The van der Waals surface area contributed by atoms with Gasteiger partial charge in [0.2, 0.25) is 0 Å². The lowest BCUT2D eigenvalue weighted by Crippen LogP contribution is -2.08. The number of rotatable bonds is 2. The van der Waals surface area contributed by atoms with E-state index >= 15 is 0 Å². The zero-order valence-electron chi connectivity index (χ0n) is 8.15. The van der Waals surface area contributed by atoms with Crippen molar-refractivity contribution in [2.24, 2.45) is 0 Å². The molecule has 0 unspecified atom stereocenters. The van der Waals surface area contributed by atoms with Crippen molar-refractivity contribution < 1.29 is 4.79 Å². The first-order chi connectivity index (χ1) is 6.90. The molecule has 0 radical (unpaired) electrons. The fourth-order valence-corrected chi connectivity index (χ4v) is 1.98. The average Bonchev–Trinajstić information content (AvgIpc) is 2.30. The van der Waals surface area contributed by atoms with Gasteiger partial charge in [0, 0.05) is 18.3 Å². The quantitative estimate of drug-likeness (QED) is 0.672. The van der Waals surface area contributed by atoms with Crippen LogP contribution in [0.2, 0.25) is 0 Å². The SMILES string of the molecule is O=Cc1cnc(C2CCCCC2)nc1. The van der Waals surface area contributed by atoms with Crippen LogP contribution in [0.3, 0.4) is 0 Å². The highest BCUT2D eigenvalue weighted by Crippen LogP contribution is 2.30. The molecule has 1 aliphatic carbocycles. The molecule has 0 atom stereocenters. The predicted octanol–water partition coefficient (Wildman–Crippen LogP) is 2.34. The average molecular weight is 190 g/mol. The lowest BCUT2D eigenvalue weighted by atomic mass is 9.89. The number of aromatic nitrogens is 2. The fourth-order valence-electron chi connectivity index (χ4n) is 1.98. The van der Waals surface area contributed by atoms with E-state index in [1.807, 2.05) is 0 Å². The van der Waals surface area contributed by atoms with Crippen LogP contribution in [0.5, 0.6) is 0 Å². The molecule has 0 amide bonds. The van der Waals surface area contributed by atoms with Crippen molar-refractivity contribution in [3.63, 3.8) is 0 Å². The van der Waals surface area contributed by atoms with Crippen LogP contribution in [0.25, 0.3) is 0 Å². The van der Waals surface area contributed by atoms with Crippen LogP contribution in [-0.2, 0) is 0 Å². The van der Waals surface area contributed by atoms with Crippen LogP contribution in [0.4, 0.5) is 0 Å². The molecule has 1 heterocycles. The number of hydrogen-bond acceptors (Lipinski definition) is 3. The standard InChI is InChI=1S/C11H14N2O/c14-8-9-6-12-11(13-7-9)10-4-2-1-3-5-10/h6-8,10H,1-5H2. The van der Waals surface area contributed by atoms with Gasteiger partial charge in [-0.05, 0) is 12.8 Å². The first-order valence-electron chi connectivity index (χ1n) is 5.17. The van der Waals surface area contributed by atoms with Crippen molar-refractivity contribution in [3.8, 4) is 0 Å². The Morgan fingerprint density at radius 3 is 2.36 bits per heavy atom. The van der Waals surface area contributed by atoms with Gasteiger partial charge in [-0.3, -0.25) is 4.79 Å². The highest BCUT2D eigenvalue weighted by atomic mass is 16.1. The molecule has 1 saturated carbocycles. The lowest BCUT2D eigenvalue weighted by molar-refractivity contribution is 0.112. The van der Waals surface area contributed by atoms with Gasteiger partial charge in [-0.2, -0.15) is 0 Å². The zero-order valence-corrected chi connectivity index (χ0v) is 8.15. The molecule has 74 valence electrons. The van der Waals surface area contributed by atoms with Crippen molar-refractivity contribution >= 4 is 6.29 Å². The summed E-state index contributed by atoms with van der Waals surface area (Å²) in [7, 11) is 0. The van der Waals surface area contributed by atoms with E-state index in [1.54, 1.807) is 12.4 Å². The van der Waals surface area contributed by atoms with Crippen LogP contribution >= 0.6 is 0 Å². The third-order valence-corrected chi connectivity index (χ3v) is 2.80. The van der Waals surface area contributed by atoms with Gasteiger partial charge in [-0.25, -0.2) is 9.97 Å². The smallest absolute Gasteiger partial charge is 0.153 e. The molecule has 1 aliphatic rings. The molecule has 2 rings (SSSR count). The number of hydrogen-bond donors (Lipinski definition) is 0. The van der Waals surface area contributed by atoms with E-state index in [0.29, 0.717) is 11.5 Å². The Hall–Kier alpha value is -1.25. The molecular formula is C11H14N2O. The molecular weight excluding hydrogens is 176 g/mol. The Balaban J connectivity index is 2.11. The largest absolute Gasteiger partial charge is 0.298 e. The van der Waals surface area contributed by atoms with Gasteiger partial charge < -0.3 is 0 Å². The molecule has 0 spiro atoms. The Labute approximate surface area is 83.6 Å². The molecule has 1 aromatic rings. The van der Waals surface area contributed by atoms with E-state index in [-0.39, 0.29) is 0 Å². The van der Waals surface area contributed by atoms with E-state index in [4.69, 9.17) is 0 Å². The van der Waals surface area contributed by atoms with Crippen molar-refractivity contribution in [1.29, 1.82) is 0 Å². The van der Waals surface area contributed by atoms with Crippen LogP contribution in [0.15, 0.2) is 12.4 Å². The second-order valence-corrected chi connectivity index (χ2v) is 3.83. The summed E-state index contributed by atoms with van der Waals surface area (Å²) in [6.07, 6.45) is 10.3. The zero-order chi connectivity index (χ0) is 9.80. The molecule has 1 aromatic heterocycles.